The molecule has 0 aromatic carbocycles. The zero-order valence-corrected chi connectivity index (χ0v) is 11.6. The minimum absolute atomic E-state index is 0.340. The second kappa shape index (κ2) is 6.22. The predicted octanol–water partition coefficient (Wildman–Crippen LogP) is 2.88. The summed E-state index contributed by atoms with van der Waals surface area (Å²) >= 11 is 0. The second-order valence-electron chi connectivity index (χ2n) is 4.66. The van der Waals surface area contributed by atoms with Crippen molar-refractivity contribution in [2.45, 2.75) is 33.1 Å². The molecule has 0 spiro atoms. The van der Waals surface area contributed by atoms with Gasteiger partial charge in [0.05, 0.1) is 0 Å². The first-order valence-corrected chi connectivity index (χ1v) is 6.61. The number of nitrogens with zero attached hydrogens (tertiary/aromatic N) is 4. The summed E-state index contributed by atoms with van der Waals surface area (Å²) in [4.78, 5) is 17.4. The van der Waals surface area contributed by atoms with E-state index >= 15 is 0 Å². The fourth-order valence-corrected chi connectivity index (χ4v) is 1.62. The Kier molecular flexibility index (Phi) is 4.39. The fourth-order valence-electron chi connectivity index (χ4n) is 1.62. The van der Waals surface area contributed by atoms with E-state index in [-0.39, 0.29) is 0 Å². The first-order valence-electron chi connectivity index (χ1n) is 6.61. The van der Waals surface area contributed by atoms with Crippen LogP contribution in [0, 0.1) is 0 Å². The van der Waals surface area contributed by atoms with E-state index in [1.165, 1.54) is 0 Å². The zero-order valence-electron chi connectivity index (χ0n) is 11.6. The summed E-state index contributed by atoms with van der Waals surface area (Å²) in [6.07, 6.45) is 4.46. The highest BCUT2D eigenvalue weighted by molar-refractivity contribution is 5.49. The average molecular weight is 257 g/mol. The third kappa shape index (κ3) is 3.47. The van der Waals surface area contributed by atoms with Crippen LogP contribution < -0.4 is 5.32 Å². The van der Waals surface area contributed by atoms with Gasteiger partial charge in [-0.1, -0.05) is 20.8 Å². The van der Waals surface area contributed by atoms with E-state index in [2.05, 4.69) is 46.0 Å². The predicted molar refractivity (Wildman–Crippen MR) is 75.9 cm³/mol. The molecule has 1 N–H and O–H groups in total. The Morgan fingerprint density at radius 1 is 1.11 bits per heavy atom. The molecular formula is C14H19N5. The SMILES string of the molecule is CCCNc1cc(C(C)C)nc(-c2ncccn2)n1. The van der Waals surface area contributed by atoms with E-state index in [4.69, 9.17) is 0 Å². The Morgan fingerprint density at radius 3 is 2.47 bits per heavy atom. The molecule has 0 aliphatic heterocycles. The van der Waals surface area contributed by atoms with Crippen LogP contribution >= 0.6 is 0 Å². The topological polar surface area (TPSA) is 63.6 Å². The maximum atomic E-state index is 4.54. The molecule has 5 nitrogen and oxygen atoms in total. The molecule has 0 aliphatic carbocycles. The highest BCUT2D eigenvalue weighted by Crippen LogP contribution is 2.19. The van der Waals surface area contributed by atoms with Crippen LogP contribution in [0.2, 0.25) is 0 Å². The molecule has 0 amide bonds. The molecule has 2 rings (SSSR count). The standard InChI is InChI=1S/C14H19N5/c1-4-6-15-12-9-11(10(2)3)18-14(19-12)13-16-7-5-8-17-13/h5,7-10H,4,6H2,1-3H3,(H,15,18,19). The number of rotatable bonds is 5. The quantitative estimate of drug-likeness (QED) is 0.892. The minimum Gasteiger partial charge on any atom is -0.370 e. The third-order valence-corrected chi connectivity index (χ3v) is 2.66. The number of anilines is 1. The van der Waals surface area contributed by atoms with Gasteiger partial charge in [0.15, 0.2) is 11.6 Å². The summed E-state index contributed by atoms with van der Waals surface area (Å²) < 4.78 is 0. The van der Waals surface area contributed by atoms with E-state index in [0.717, 1.165) is 24.5 Å². The second-order valence-corrected chi connectivity index (χ2v) is 4.66. The van der Waals surface area contributed by atoms with Crippen molar-refractivity contribution in [3.63, 3.8) is 0 Å². The molecule has 0 fully saturated rings. The van der Waals surface area contributed by atoms with Gasteiger partial charge in [0.2, 0.25) is 0 Å². The van der Waals surface area contributed by atoms with E-state index < -0.39 is 0 Å². The van der Waals surface area contributed by atoms with Gasteiger partial charge < -0.3 is 5.32 Å². The summed E-state index contributed by atoms with van der Waals surface area (Å²) in [5.41, 5.74) is 0.996. The maximum absolute atomic E-state index is 4.54. The van der Waals surface area contributed by atoms with Crippen molar-refractivity contribution in [3.05, 3.63) is 30.2 Å². The fraction of sp³-hybridized carbons (Fsp3) is 0.429. The van der Waals surface area contributed by atoms with Crippen LogP contribution in [0.25, 0.3) is 11.6 Å². The highest BCUT2D eigenvalue weighted by Gasteiger charge is 2.10. The lowest BCUT2D eigenvalue weighted by atomic mass is 10.1. The van der Waals surface area contributed by atoms with Crippen molar-refractivity contribution in [2.75, 3.05) is 11.9 Å². The summed E-state index contributed by atoms with van der Waals surface area (Å²) in [6, 6.07) is 3.78. The Morgan fingerprint density at radius 2 is 1.84 bits per heavy atom. The van der Waals surface area contributed by atoms with Gasteiger partial charge in [-0.15, -0.1) is 0 Å². The van der Waals surface area contributed by atoms with Crippen LogP contribution in [-0.2, 0) is 0 Å². The molecule has 0 saturated carbocycles. The van der Waals surface area contributed by atoms with Gasteiger partial charge in [-0.25, -0.2) is 19.9 Å². The summed E-state index contributed by atoms with van der Waals surface area (Å²) in [5, 5.41) is 3.29. The van der Waals surface area contributed by atoms with E-state index in [1.807, 2.05) is 6.07 Å². The maximum Gasteiger partial charge on any atom is 0.199 e. The van der Waals surface area contributed by atoms with E-state index in [1.54, 1.807) is 18.5 Å². The van der Waals surface area contributed by atoms with Gasteiger partial charge in [-0.2, -0.15) is 0 Å². The van der Waals surface area contributed by atoms with Gasteiger partial charge in [-0.3, -0.25) is 0 Å². The Bertz CT molecular complexity index is 525. The van der Waals surface area contributed by atoms with Crippen LogP contribution in [-0.4, -0.2) is 26.5 Å². The third-order valence-electron chi connectivity index (χ3n) is 2.66. The smallest absolute Gasteiger partial charge is 0.199 e. The Labute approximate surface area is 113 Å². The summed E-state index contributed by atoms with van der Waals surface area (Å²) in [5.74, 6) is 2.31. The van der Waals surface area contributed by atoms with Crippen molar-refractivity contribution in [1.82, 2.24) is 19.9 Å². The van der Waals surface area contributed by atoms with Gasteiger partial charge in [0.25, 0.3) is 0 Å². The van der Waals surface area contributed by atoms with Gasteiger partial charge in [0, 0.05) is 30.7 Å². The summed E-state index contributed by atoms with van der Waals surface area (Å²) in [6.45, 7) is 7.24. The van der Waals surface area contributed by atoms with Gasteiger partial charge in [-0.05, 0) is 18.4 Å². The molecule has 2 aromatic rings. The number of aromatic nitrogens is 4. The molecule has 0 bridgehead atoms. The molecule has 0 saturated heterocycles. The highest BCUT2D eigenvalue weighted by atomic mass is 15.1. The average Bonchev–Trinajstić information content (AvgIpc) is 2.45. The molecule has 2 aromatic heterocycles. The monoisotopic (exact) mass is 257 g/mol. The van der Waals surface area contributed by atoms with E-state index in [9.17, 15) is 0 Å². The molecule has 100 valence electrons. The molecule has 0 atom stereocenters. The van der Waals surface area contributed by atoms with Crippen molar-refractivity contribution in [2.24, 2.45) is 0 Å². The number of hydrogen-bond acceptors (Lipinski definition) is 5. The summed E-state index contributed by atoms with van der Waals surface area (Å²) in [7, 11) is 0. The van der Waals surface area contributed by atoms with Gasteiger partial charge >= 0.3 is 0 Å². The van der Waals surface area contributed by atoms with Crippen LogP contribution in [0.5, 0.6) is 0 Å². The van der Waals surface area contributed by atoms with Crippen LogP contribution in [0.3, 0.4) is 0 Å². The lowest BCUT2D eigenvalue weighted by Gasteiger charge is -2.10. The lowest BCUT2D eigenvalue weighted by molar-refractivity contribution is 0.813. The molecule has 19 heavy (non-hydrogen) atoms. The largest absolute Gasteiger partial charge is 0.370 e. The van der Waals surface area contributed by atoms with Crippen LogP contribution in [0.1, 0.15) is 38.8 Å². The molecule has 5 heteroatoms. The Hall–Kier alpha value is -2.04. The molecule has 0 radical (unpaired) electrons. The lowest BCUT2D eigenvalue weighted by Crippen LogP contribution is -2.07. The first-order chi connectivity index (χ1) is 9.20. The molecule has 2 heterocycles. The van der Waals surface area contributed by atoms with Crippen LogP contribution in [0.4, 0.5) is 5.82 Å². The molecule has 0 unspecified atom stereocenters. The molecule has 0 aliphatic rings. The van der Waals surface area contributed by atoms with Gasteiger partial charge in [0.1, 0.15) is 5.82 Å². The first kappa shape index (κ1) is 13.4. The van der Waals surface area contributed by atoms with Crippen molar-refractivity contribution < 1.29 is 0 Å². The van der Waals surface area contributed by atoms with Crippen molar-refractivity contribution >= 4 is 5.82 Å². The van der Waals surface area contributed by atoms with E-state index in [0.29, 0.717) is 17.6 Å². The molecular weight excluding hydrogens is 238 g/mol. The van der Waals surface area contributed by atoms with Crippen molar-refractivity contribution in [1.29, 1.82) is 0 Å². The van der Waals surface area contributed by atoms with Crippen molar-refractivity contribution in [3.8, 4) is 11.6 Å². The number of nitrogens with one attached hydrogen (secondary N) is 1. The Balaban J connectivity index is 2.39. The normalized spacial score (nSPS) is 10.7. The van der Waals surface area contributed by atoms with Crippen LogP contribution in [0.15, 0.2) is 24.5 Å². The minimum atomic E-state index is 0.340. The number of hydrogen-bond donors (Lipinski definition) is 1. The zero-order chi connectivity index (χ0) is 13.7.